The molecule has 248 valence electrons. The van der Waals surface area contributed by atoms with E-state index in [9.17, 15) is 18.0 Å². The van der Waals surface area contributed by atoms with Gasteiger partial charge in [0.25, 0.3) is 0 Å². The molecule has 4 aromatic rings. The first-order valence-electron chi connectivity index (χ1n) is 15.4. The zero-order valence-electron chi connectivity index (χ0n) is 25.7. The van der Waals surface area contributed by atoms with E-state index in [1.807, 2.05) is 24.3 Å². The number of aliphatic hydroxyl groups excluding tert-OH is 1. The predicted molar refractivity (Wildman–Crippen MR) is 180 cm³/mol. The molecule has 1 aliphatic carbocycles. The van der Waals surface area contributed by atoms with E-state index in [2.05, 4.69) is 30.5 Å². The van der Waals surface area contributed by atoms with Gasteiger partial charge in [-0.3, -0.25) is 9.59 Å². The number of amides is 2. The lowest BCUT2D eigenvalue weighted by Gasteiger charge is -2.28. The number of aliphatic hydroxyl groups is 1. The summed E-state index contributed by atoms with van der Waals surface area (Å²) in [5.74, 6) is 0.197. The molecule has 0 saturated heterocycles. The van der Waals surface area contributed by atoms with Crippen LogP contribution in [0.5, 0.6) is 0 Å². The van der Waals surface area contributed by atoms with E-state index in [0.29, 0.717) is 24.0 Å². The molecule has 12 nitrogen and oxygen atoms in total. The van der Waals surface area contributed by atoms with Crippen molar-refractivity contribution in [2.45, 2.75) is 43.0 Å². The summed E-state index contributed by atoms with van der Waals surface area (Å²) in [6, 6.07) is 20.2. The molecule has 1 aliphatic rings. The van der Waals surface area contributed by atoms with Crippen LogP contribution in [-0.2, 0) is 26.0 Å². The third-order valence-electron chi connectivity index (χ3n) is 8.35. The third-order valence-corrected chi connectivity index (χ3v) is 9.99. The van der Waals surface area contributed by atoms with Crippen molar-refractivity contribution < 1.29 is 23.1 Å². The van der Waals surface area contributed by atoms with Gasteiger partial charge in [0.1, 0.15) is 6.04 Å². The molecule has 1 aromatic heterocycles. The number of nitrogens with one attached hydrogen (secondary N) is 4. The van der Waals surface area contributed by atoms with Crippen LogP contribution in [0.1, 0.15) is 31.2 Å². The summed E-state index contributed by atoms with van der Waals surface area (Å²) < 4.78 is 27.0. The van der Waals surface area contributed by atoms with Crippen molar-refractivity contribution >= 4 is 39.1 Å². The van der Waals surface area contributed by atoms with Gasteiger partial charge in [0, 0.05) is 30.1 Å². The molecule has 3 aromatic carbocycles. The van der Waals surface area contributed by atoms with Crippen LogP contribution in [-0.4, -0.2) is 66.3 Å². The molecule has 0 spiro atoms. The van der Waals surface area contributed by atoms with E-state index in [1.54, 1.807) is 36.4 Å². The molecule has 0 unspecified atom stereocenters. The highest BCUT2D eigenvalue weighted by Crippen LogP contribution is 2.29. The minimum Gasteiger partial charge on any atom is -0.395 e. The summed E-state index contributed by atoms with van der Waals surface area (Å²) in [6.07, 6.45) is 3.52. The molecule has 47 heavy (non-hydrogen) atoms. The van der Waals surface area contributed by atoms with Crippen LogP contribution < -0.4 is 21.1 Å². The van der Waals surface area contributed by atoms with Gasteiger partial charge in [0.15, 0.2) is 5.82 Å². The van der Waals surface area contributed by atoms with Crippen molar-refractivity contribution in [1.82, 2.24) is 25.2 Å². The molecule has 1 atom stereocenters. The lowest BCUT2D eigenvalue weighted by Crippen LogP contribution is -2.48. The average Bonchev–Trinajstić information content (AvgIpc) is 3.53. The van der Waals surface area contributed by atoms with Crippen LogP contribution in [0, 0.1) is 11.8 Å². The normalized spacial score (nSPS) is 17.2. The molecule has 5 rings (SSSR count). The van der Waals surface area contributed by atoms with E-state index in [4.69, 9.17) is 22.4 Å². The molecule has 0 radical (unpaired) electrons. The molecule has 1 saturated carbocycles. The van der Waals surface area contributed by atoms with E-state index < -0.39 is 16.1 Å². The van der Waals surface area contributed by atoms with Crippen LogP contribution in [0.4, 0.5) is 5.69 Å². The average molecular weight is 680 g/mol. The van der Waals surface area contributed by atoms with Crippen molar-refractivity contribution in [2.75, 3.05) is 25.0 Å². The van der Waals surface area contributed by atoms with Gasteiger partial charge in [-0.2, -0.15) is 10.1 Å². The number of benzene rings is 3. The SMILES string of the molecule is NCC1CCC(C(=O)N[C@@H](Cc2ccc(-c3ccc(S(=O)(=O)NCCO)cc3)cc2)C(=O)Nc2ccc(-c3n[nH]c(Cl)n3)cc2)CC1. The molecule has 1 heterocycles. The maximum atomic E-state index is 13.6. The molecule has 2 amide bonds. The van der Waals surface area contributed by atoms with Gasteiger partial charge in [0.2, 0.25) is 27.1 Å². The van der Waals surface area contributed by atoms with Gasteiger partial charge < -0.3 is 21.5 Å². The monoisotopic (exact) mass is 679 g/mol. The summed E-state index contributed by atoms with van der Waals surface area (Å²) in [7, 11) is -3.71. The Morgan fingerprint density at radius 1 is 0.936 bits per heavy atom. The highest BCUT2D eigenvalue weighted by molar-refractivity contribution is 7.89. The molecule has 14 heteroatoms. The van der Waals surface area contributed by atoms with Crippen LogP contribution in [0.25, 0.3) is 22.5 Å². The van der Waals surface area contributed by atoms with Gasteiger partial charge in [-0.25, -0.2) is 18.2 Å². The number of aromatic amines is 1. The first-order valence-corrected chi connectivity index (χ1v) is 17.3. The standard InChI is InChI=1S/C33H38ClN7O5S/c34-33-39-30(40-41-33)25-9-13-27(14-10-25)37-32(44)29(38-31(43)26-7-3-22(20-35)4-8-26)19-21-1-5-23(6-2-21)24-11-15-28(16-12-24)47(45,46)36-17-18-42/h1-2,5-6,9-16,22,26,29,36,42H,3-4,7-8,17-20,35H2,(H,37,44)(H,38,43)(H,39,40,41)/t22?,26?,29-/m0/s1. The van der Waals surface area contributed by atoms with Crippen molar-refractivity contribution in [3.63, 3.8) is 0 Å². The third kappa shape index (κ3) is 9.02. The fraction of sp³-hybridized carbons (Fsp3) is 0.333. The summed E-state index contributed by atoms with van der Waals surface area (Å²) in [5, 5.41) is 21.7. The highest BCUT2D eigenvalue weighted by Gasteiger charge is 2.29. The van der Waals surface area contributed by atoms with Crippen molar-refractivity contribution in [3.8, 4) is 22.5 Å². The Labute approximate surface area is 278 Å². The van der Waals surface area contributed by atoms with Gasteiger partial charge in [-0.15, -0.1) is 0 Å². The molecule has 1 fully saturated rings. The molecular weight excluding hydrogens is 642 g/mol. The number of hydrogen-bond acceptors (Lipinski definition) is 8. The second kappa shape index (κ2) is 15.6. The summed E-state index contributed by atoms with van der Waals surface area (Å²) in [4.78, 5) is 31.1. The van der Waals surface area contributed by atoms with Crippen molar-refractivity contribution in [1.29, 1.82) is 0 Å². The summed E-state index contributed by atoms with van der Waals surface area (Å²) in [6.45, 7) is 0.258. The van der Waals surface area contributed by atoms with E-state index in [-0.39, 0.29) is 47.5 Å². The Balaban J connectivity index is 1.29. The zero-order chi connectivity index (χ0) is 33.4. The number of hydrogen-bond donors (Lipinski definition) is 6. The van der Waals surface area contributed by atoms with Gasteiger partial charge in [0.05, 0.1) is 11.5 Å². The number of carbonyl (C=O) groups excluding carboxylic acids is 2. The van der Waals surface area contributed by atoms with Crippen molar-refractivity contribution in [2.24, 2.45) is 17.6 Å². The van der Waals surface area contributed by atoms with E-state index in [1.165, 1.54) is 12.1 Å². The smallest absolute Gasteiger partial charge is 0.247 e. The topological polar surface area (TPSA) is 192 Å². The second-order valence-electron chi connectivity index (χ2n) is 11.6. The largest absolute Gasteiger partial charge is 0.395 e. The first-order chi connectivity index (χ1) is 22.6. The lowest BCUT2D eigenvalue weighted by molar-refractivity contribution is -0.130. The Kier molecular flexibility index (Phi) is 11.4. The van der Waals surface area contributed by atoms with Gasteiger partial charge in [-0.1, -0.05) is 36.4 Å². The number of aromatic nitrogens is 3. The minimum atomic E-state index is -3.71. The maximum Gasteiger partial charge on any atom is 0.247 e. The summed E-state index contributed by atoms with van der Waals surface area (Å²) in [5.41, 5.74) is 9.61. The zero-order valence-corrected chi connectivity index (χ0v) is 27.2. The number of anilines is 1. The first kappa shape index (κ1) is 34.2. The van der Waals surface area contributed by atoms with Crippen LogP contribution in [0.3, 0.4) is 0 Å². The Hall–Kier alpha value is -4.14. The Morgan fingerprint density at radius 3 is 2.13 bits per heavy atom. The summed E-state index contributed by atoms with van der Waals surface area (Å²) >= 11 is 5.84. The number of carbonyl (C=O) groups is 2. The molecule has 7 N–H and O–H groups in total. The van der Waals surface area contributed by atoms with Gasteiger partial charge >= 0.3 is 0 Å². The number of nitrogens with two attached hydrogens (primary N) is 1. The maximum absolute atomic E-state index is 13.6. The lowest BCUT2D eigenvalue weighted by atomic mass is 9.81. The number of H-pyrrole nitrogens is 1. The van der Waals surface area contributed by atoms with Crippen LogP contribution in [0.15, 0.2) is 77.7 Å². The molecular formula is C33H38ClN7O5S. The Bertz CT molecular complexity index is 1760. The number of halogens is 1. The fourth-order valence-electron chi connectivity index (χ4n) is 5.62. The van der Waals surface area contributed by atoms with Gasteiger partial charge in [-0.05, 0) is 103 Å². The minimum absolute atomic E-state index is 0.0635. The van der Waals surface area contributed by atoms with Crippen molar-refractivity contribution in [3.05, 3.63) is 83.6 Å². The quantitative estimate of drug-likeness (QED) is 0.124. The Morgan fingerprint density at radius 2 is 1.55 bits per heavy atom. The van der Waals surface area contributed by atoms with E-state index >= 15 is 0 Å². The molecule has 0 aliphatic heterocycles. The fourth-order valence-corrected chi connectivity index (χ4v) is 6.76. The second-order valence-corrected chi connectivity index (χ2v) is 13.7. The number of nitrogens with zero attached hydrogens (tertiary/aromatic N) is 2. The van der Waals surface area contributed by atoms with Crippen LogP contribution >= 0.6 is 11.6 Å². The molecule has 0 bridgehead atoms. The van der Waals surface area contributed by atoms with E-state index in [0.717, 1.165) is 47.9 Å². The predicted octanol–water partition coefficient (Wildman–Crippen LogP) is 3.49. The number of rotatable bonds is 13. The number of sulfonamides is 1. The van der Waals surface area contributed by atoms with Crippen LogP contribution in [0.2, 0.25) is 5.28 Å². The highest BCUT2D eigenvalue weighted by atomic mass is 35.5.